The minimum absolute atomic E-state index is 0.0128. The average molecular weight is 413 g/mol. The molecule has 1 fully saturated rings. The summed E-state index contributed by atoms with van der Waals surface area (Å²) >= 11 is 1.63. The van der Waals surface area contributed by atoms with Crippen LogP contribution in [0.4, 0.5) is 5.69 Å². The molecule has 2 aliphatic heterocycles. The Balaban J connectivity index is 1.37. The Morgan fingerprint density at radius 2 is 2.00 bits per heavy atom. The lowest BCUT2D eigenvalue weighted by atomic mass is 10.1. The van der Waals surface area contributed by atoms with E-state index in [1.165, 1.54) is 0 Å². The molecule has 0 radical (unpaired) electrons. The number of fused-ring (bicyclic) bond motifs is 1. The maximum absolute atomic E-state index is 13.0. The zero-order valence-corrected chi connectivity index (χ0v) is 17.4. The number of hydrogen-bond donors (Lipinski definition) is 0. The van der Waals surface area contributed by atoms with Gasteiger partial charge in [-0.25, -0.2) is 0 Å². The predicted octanol–water partition coefficient (Wildman–Crippen LogP) is 3.06. The molecule has 4 rings (SSSR count). The highest BCUT2D eigenvalue weighted by molar-refractivity contribution is 7.98. The summed E-state index contributed by atoms with van der Waals surface area (Å²) in [7, 11) is 1.76. The molecule has 2 unspecified atom stereocenters. The molecule has 7 heteroatoms. The van der Waals surface area contributed by atoms with E-state index in [9.17, 15) is 9.59 Å². The number of benzene rings is 2. The van der Waals surface area contributed by atoms with Gasteiger partial charge in [-0.1, -0.05) is 18.2 Å². The lowest BCUT2D eigenvalue weighted by Crippen LogP contribution is -2.44. The van der Waals surface area contributed by atoms with Crippen LogP contribution >= 0.6 is 11.8 Å². The van der Waals surface area contributed by atoms with Gasteiger partial charge in [0.1, 0.15) is 6.61 Å². The van der Waals surface area contributed by atoms with Gasteiger partial charge in [0.05, 0.1) is 12.5 Å². The first-order valence-electron chi connectivity index (χ1n) is 9.63. The molecule has 0 bridgehead atoms. The van der Waals surface area contributed by atoms with Crippen LogP contribution in [0.5, 0.6) is 11.5 Å². The molecule has 2 aromatic rings. The summed E-state index contributed by atoms with van der Waals surface area (Å²) in [5.41, 5.74) is 0.848. The maximum Gasteiger partial charge on any atom is 0.227 e. The third-order valence-electron chi connectivity index (χ3n) is 5.26. The molecule has 0 N–H and O–H groups in total. The lowest BCUT2D eigenvalue weighted by molar-refractivity contribution is -0.135. The molecular weight excluding hydrogens is 388 g/mol. The number of amides is 2. The molecule has 2 heterocycles. The van der Waals surface area contributed by atoms with E-state index in [1.807, 2.05) is 54.8 Å². The summed E-state index contributed by atoms with van der Waals surface area (Å²) in [6, 6.07) is 15.4. The molecule has 2 atom stereocenters. The van der Waals surface area contributed by atoms with Crippen LogP contribution in [-0.2, 0) is 9.59 Å². The maximum atomic E-state index is 13.0. The molecule has 0 aliphatic carbocycles. The standard InChI is InChI=1S/C22H24N2O4S/c1-23(13-17-14-27-19-8-3-4-9-20(19)28-17)22(26)15-10-21(25)24(12-15)16-6-5-7-18(11-16)29-2/h3-9,11,15,17H,10,12-14H2,1-2H3. The highest BCUT2D eigenvalue weighted by atomic mass is 32.2. The first kappa shape index (κ1) is 19.6. The van der Waals surface area contributed by atoms with Crippen molar-refractivity contribution in [1.29, 1.82) is 0 Å². The Morgan fingerprint density at radius 3 is 2.79 bits per heavy atom. The Morgan fingerprint density at radius 1 is 1.21 bits per heavy atom. The largest absolute Gasteiger partial charge is 0.486 e. The lowest BCUT2D eigenvalue weighted by Gasteiger charge is -2.30. The van der Waals surface area contributed by atoms with Gasteiger partial charge in [0, 0.05) is 30.6 Å². The zero-order chi connectivity index (χ0) is 20.4. The third kappa shape index (κ3) is 4.19. The molecular formula is C22H24N2O4S. The van der Waals surface area contributed by atoms with Gasteiger partial charge in [0.15, 0.2) is 17.6 Å². The zero-order valence-electron chi connectivity index (χ0n) is 16.5. The van der Waals surface area contributed by atoms with Crippen molar-refractivity contribution in [1.82, 2.24) is 4.90 Å². The van der Waals surface area contributed by atoms with Crippen LogP contribution in [0.3, 0.4) is 0 Å². The number of para-hydroxylation sites is 2. The van der Waals surface area contributed by atoms with E-state index >= 15 is 0 Å². The normalized spacial score (nSPS) is 20.6. The predicted molar refractivity (Wildman–Crippen MR) is 113 cm³/mol. The monoisotopic (exact) mass is 412 g/mol. The van der Waals surface area contributed by atoms with Gasteiger partial charge >= 0.3 is 0 Å². The smallest absolute Gasteiger partial charge is 0.227 e. The van der Waals surface area contributed by atoms with Crippen molar-refractivity contribution in [2.75, 3.05) is 37.9 Å². The Hall–Kier alpha value is -2.67. The van der Waals surface area contributed by atoms with Crippen molar-refractivity contribution in [3.05, 3.63) is 48.5 Å². The fourth-order valence-corrected chi connectivity index (χ4v) is 4.21. The fraction of sp³-hybridized carbons (Fsp3) is 0.364. The average Bonchev–Trinajstić information content (AvgIpc) is 3.14. The molecule has 152 valence electrons. The second-order valence-electron chi connectivity index (χ2n) is 7.32. The number of ether oxygens (including phenoxy) is 2. The van der Waals surface area contributed by atoms with Crippen LogP contribution in [0, 0.1) is 5.92 Å². The van der Waals surface area contributed by atoms with Gasteiger partial charge < -0.3 is 19.3 Å². The molecule has 6 nitrogen and oxygen atoms in total. The number of likely N-dealkylation sites (N-methyl/N-ethyl adjacent to an activating group) is 1. The van der Waals surface area contributed by atoms with Crippen molar-refractivity contribution in [3.8, 4) is 11.5 Å². The van der Waals surface area contributed by atoms with Crippen molar-refractivity contribution in [2.24, 2.45) is 5.92 Å². The van der Waals surface area contributed by atoms with Gasteiger partial charge in [-0.3, -0.25) is 9.59 Å². The number of anilines is 1. The quantitative estimate of drug-likeness (QED) is 0.707. The molecule has 2 amide bonds. The summed E-state index contributed by atoms with van der Waals surface area (Å²) < 4.78 is 11.7. The van der Waals surface area contributed by atoms with E-state index in [-0.39, 0.29) is 30.3 Å². The first-order chi connectivity index (χ1) is 14.0. The van der Waals surface area contributed by atoms with Crippen LogP contribution in [0.15, 0.2) is 53.4 Å². The molecule has 2 aliphatic rings. The van der Waals surface area contributed by atoms with Crippen LogP contribution in [-0.4, -0.2) is 55.8 Å². The van der Waals surface area contributed by atoms with Gasteiger partial charge in [-0.05, 0) is 36.6 Å². The number of thioether (sulfide) groups is 1. The summed E-state index contributed by atoms with van der Waals surface area (Å²) in [6.07, 6.45) is 2.00. The second-order valence-corrected chi connectivity index (χ2v) is 8.20. The van der Waals surface area contributed by atoms with Crippen LogP contribution in [0.25, 0.3) is 0 Å². The van der Waals surface area contributed by atoms with Crippen molar-refractivity contribution in [2.45, 2.75) is 17.4 Å². The molecule has 0 aromatic heterocycles. The van der Waals surface area contributed by atoms with Gasteiger partial charge in [0.2, 0.25) is 11.8 Å². The van der Waals surface area contributed by atoms with Crippen molar-refractivity contribution >= 4 is 29.3 Å². The van der Waals surface area contributed by atoms with Gasteiger partial charge in [0.25, 0.3) is 0 Å². The number of carbonyl (C=O) groups excluding carboxylic acids is 2. The highest BCUT2D eigenvalue weighted by Crippen LogP contribution is 2.32. The molecule has 2 aromatic carbocycles. The SMILES string of the molecule is CSc1cccc(N2CC(C(=O)N(C)CC3COc4ccccc4O3)CC2=O)c1. The summed E-state index contributed by atoms with van der Waals surface area (Å²) in [4.78, 5) is 30.0. The van der Waals surface area contributed by atoms with E-state index < -0.39 is 0 Å². The highest BCUT2D eigenvalue weighted by Gasteiger charge is 2.37. The Labute approximate surface area is 174 Å². The number of carbonyl (C=O) groups is 2. The number of nitrogens with zero attached hydrogens (tertiary/aromatic N) is 2. The molecule has 0 spiro atoms. The van der Waals surface area contributed by atoms with Gasteiger partial charge in [-0.15, -0.1) is 11.8 Å². The summed E-state index contributed by atoms with van der Waals surface area (Å²) in [5.74, 6) is 1.02. The molecule has 0 saturated carbocycles. The van der Waals surface area contributed by atoms with Crippen molar-refractivity contribution in [3.63, 3.8) is 0 Å². The fourth-order valence-electron chi connectivity index (χ4n) is 3.76. The molecule has 1 saturated heterocycles. The van der Waals surface area contributed by atoms with E-state index in [4.69, 9.17) is 9.47 Å². The van der Waals surface area contributed by atoms with Gasteiger partial charge in [-0.2, -0.15) is 0 Å². The second kappa shape index (κ2) is 8.37. The number of rotatable bonds is 5. The first-order valence-corrected chi connectivity index (χ1v) is 10.9. The summed E-state index contributed by atoms with van der Waals surface area (Å²) in [5, 5.41) is 0. The van der Waals surface area contributed by atoms with Crippen LogP contribution in [0.1, 0.15) is 6.42 Å². The topological polar surface area (TPSA) is 59.1 Å². The van der Waals surface area contributed by atoms with E-state index in [2.05, 4.69) is 0 Å². The Kier molecular flexibility index (Phi) is 5.67. The van der Waals surface area contributed by atoms with Crippen LogP contribution < -0.4 is 14.4 Å². The Bertz CT molecular complexity index is 919. The van der Waals surface area contributed by atoms with E-state index in [0.29, 0.717) is 25.4 Å². The van der Waals surface area contributed by atoms with Crippen molar-refractivity contribution < 1.29 is 19.1 Å². The minimum Gasteiger partial charge on any atom is -0.486 e. The third-order valence-corrected chi connectivity index (χ3v) is 5.99. The minimum atomic E-state index is -0.345. The van der Waals surface area contributed by atoms with E-state index in [0.717, 1.165) is 16.3 Å². The summed E-state index contributed by atoms with van der Waals surface area (Å²) in [6.45, 7) is 1.22. The van der Waals surface area contributed by atoms with E-state index in [1.54, 1.807) is 28.6 Å². The van der Waals surface area contributed by atoms with Crippen LogP contribution in [0.2, 0.25) is 0 Å². The number of hydrogen-bond acceptors (Lipinski definition) is 5. The molecule has 29 heavy (non-hydrogen) atoms.